The van der Waals surface area contributed by atoms with Gasteiger partial charge in [-0.1, -0.05) is 47.6 Å². The average molecular weight is 399 g/mol. The highest BCUT2D eigenvalue weighted by Crippen LogP contribution is 2.31. The first-order valence-electron chi connectivity index (χ1n) is 9.23. The Morgan fingerprint density at radius 2 is 1.86 bits per heavy atom. The molecule has 0 radical (unpaired) electrons. The summed E-state index contributed by atoms with van der Waals surface area (Å²) in [5, 5.41) is 4.11. The Kier molecular flexibility index (Phi) is 6.31. The molecule has 1 aromatic heterocycles. The van der Waals surface area contributed by atoms with E-state index in [4.69, 9.17) is 10.3 Å². The van der Waals surface area contributed by atoms with E-state index >= 15 is 0 Å². The molecule has 2 heterocycles. The minimum absolute atomic E-state index is 0. The van der Waals surface area contributed by atoms with Gasteiger partial charge < -0.3 is 15.2 Å². The summed E-state index contributed by atoms with van der Waals surface area (Å²) in [5.74, 6) is 1.14. The lowest BCUT2D eigenvalue weighted by Gasteiger charge is -2.33. The van der Waals surface area contributed by atoms with Gasteiger partial charge in [0.1, 0.15) is 6.04 Å². The number of hydrogen-bond donors (Lipinski definition) is 1. The lowest BCUT2D eigenvalue weighted by Crippen LogP contribution is -2.39. The summed E-state index contributed by atoms with van der Waals surface area (Å²) in [6, 6.07) is 17.0. The Labute approximate surface area is 170 Å². The van der Waals surface area contributed by atoms with Crippen LogP contribution in [0.15, 0.2) is 59.1 Å². The first-order valence-corrected chi connectivity index (χ1v) is 9.23. The van der Waals surface area contributed by atoms with Gasteiger partial charge in [-0.2, -0.15) is 4.98 Å². The fraction of sp³-hybridized carbons (Fsp3) is 0.286. The van der Waals surface area contributed by atoms with Gasteiger partial charge in [0.05, 0.1) is 6.42 Å². The van der Waals surface area contributed by atoms with Crippen molar-refractivity contribution in [3.63, 3.8) is 0 Å². The fourth-order valence-corrected chi connectivity index (χ4v) is 3.47. The van der Waals surface area contributed by atoms with Crippen molar-refractivity contribution in [1.82, 2.24) is 15.0 Å². The molecule has 4 rings (SSSR count). The molecular formula is C21H23ClN4O2. The lowest BCUT2D eigenvalue weighted by molar-refractivity contribution is -0.135. The number of carbonyl (C=O) groups is 1. The van der Waals surface area contributed by atoms with Crippen LogP contribution < -0.4 is 5.73 Å². The topological polar surface area (TPSA) is 85.3 Å². The predicted molar refractivity (Wildman–Crippen MR) is 110 cm³/mol. The minimum Gasteiger partial charge on any atom is -0.399 e. The van der Waals surface area contributed by atoms with Crippen LogP contribution in [0.1, 0.15) is 36.8 Å². The smallest absolute Gasteiger partial charge is 0.249 e. The summed E-state index contributed by atoms with van der Waals surface area (Å²) in [6.07, 6.45) is 3.21. The third-order valence-corrected chi connectivity index (χ3v) is 4.92. The van der Waals surface area contributed by atoms with E-state index in [1.807, 2.05) is 59.5 Å². The third-order valence-electron chi connectivity index (χ3n) is 4.92. The number of benzene rings is 2. The summed E-state index contributed by atoms with van der Waals surface area (Å²) in [5.41, 5.74) is 8.28. The van der Waals surface area contributed by atoms with Gasteiger partial charge in [0, 0.05) is 17.8 Å². The molecule has 1 fully saturated rings. The molecule has 1 unspecified atom stereocenters. The first-order chi connectivity index (χ1) is 13.2. The molecule has 1 amide bonds. The molecule has 0 saturated carbocycles. The molecular weight excluding hydrogens is 376 g/mol. The van der Waals surface area contributed by atoms with E-state index in [9.17, 15) is 4.79 Å². The van der Waals surface area contributed by atoms with Gasteiger partial charge in [-0.15, -0.1) is 12.4 Å². The summed E-state index contributed by atoms with van der Waals surface area (Å²) in [4.78, 5) is 19.4. The number of carbonyl (C=O) groups excluding carboxylic acids is 1. The number of rotatable bonds is 4. The van der Waals surface area contributed by atoms with Crippen molar-refractivity contribution in [1.29, 1.82) is 0 Å². The second-order valence-corrected chi connectivity index (χ2v) is 6.84. The normalized spacial score (nSPS) is 16.4. The highest BCUT2D eigenvalue weighted by atomic mass is 35.5. The maximum Gasteiger partial charge on any atom is 0.249 e. The van der Waals surface area contributed by atoms with Gasteiger partial charge in [0.25, 0.3) is 0 Å². The van der Waals surface area contributed by atoms with E-state index in [2.05, 4.69) is 10.1 Å². The van der Waals surface area contributed by atoms with Gasteiger partial charge in [-0.25, -0.2) is 0 Å². The van der Waals surface area contributed by atoms with Crippen LogP contribution in [0.25, 0.3) is 11.4 Å². The first kappa shape index (κ1) is 19.9. The Hall–Kier alpha value is -2.86. The van der Waals surface area contributed by atoms with Gasteiger partial charge >= 0.3 is 0 Å². The molecule has 1 saturated heterocycles. The molecule has 28 heavy (non-hydrogen) atoms. The second kappa shape index (κ2) is 8.89. The summed E-state index contributed by atoms with van der Waals surface area (Å²) >= 11 is 0. The number of likely N-dealkylation sites (tertiary alicyclic amines) is 1. The molecule has 1 aliphatic heterocycles. The number of anilines is 1. The molecule has 0 spiro atoms. The van der Waals surface area contributed by atoms with Gasteiger partial charge in [-0.05, 0) is 37.0 Å². The molecule has 1 aliphatic rings. The fourth-order valence-electron chi connectivity index (χ4n) is 3.47. The molecule has 0 bridgehead atoms. The van der Waals surface area contributed by atoms with Crippen LogP contribution in [0, 0.1) is 0 Å². The van der Waals surface area contributed by atoms with Gasteiger partial charge in [0.15, 0.2) is 0 Å². The van der Waals surface area contributed by atoms with Gasteiger partial charge in [-0.3, -0.25) is 4.79 Å². The van der Waals surface area contributed by atoms with E-state index < -0.39 is 0 Å². The van der Waals surface area contributed by atoms with E-state index in [0.717, 1.165) is 30.4 Å². The van der Waals surface area contributed by atoms with Crippen molar-refractivity contribution < 1.29 is 9.32 Å². The Morgan fingerprint density at radius 1 is 1.11 bits per heavy atom. The highest BCUT2D eigenvalue weighted by molar-refractivity contribution is 5.85. The minimum atomic E-state index is -0.162. The quantitative estimate of drug-likeness (QED) is 0.670. The zero-order chi connectivity index (χ0) is 18.6. The average Bonchev–Trinajstić information content (AvgIpc) is 3.20. The van der Waals surface area contributed by atoms with Crippen molar-refractivity contribution in [3.8, 4) is 11.4 Å². The monoisotopic (exact) mass is 398 g/mol. The number of nitrogens with two attached hydrogens (primary N) is 1. The number of aromatic nitrogens is 2. The van der Waals surface area contributed by atoms with E-state index in [0.29, 0.717) is 30.4 Å². The number of hydrogen-bond acceptors (Lipinski definition) is 5. The van der Waals surface area contributed by atoms with Crippen LogP contribution in [0.5, 0.6) is 0 Å². The molecule has 6 nitrogen and oxygen atoms in total. The van der Waals surface area contributed by atoms with Crippen LogP contribution in [-0.4, -0.2) is 27.5 Å². The Morgan fingerprint density at radius 3 is 2.61 bits per heavy atom. The number of amides is 1. The van der Waals surface area contributed by atoms with Crippen LogP contribution in [-0.2, 0) is 11.2 Å². The van der Waals surface area contributed by atoms with E-state index in [1.165, 1.54) is 0 Å². The number of nitrogens with zero attached hydrogens (tertiary/aromatic N) is 3. The van der Waals surface area contributed by atoms with Crippen molar-refractivity contribution in [2.45, 2.75) is 31.7 Å². The van der Waals surface area contributed by atoms with Crippen LogP contribution in [0.2, 0.25) is 0 Å². The molecule has 3 aromatic rings. The summed E-state index contributed by atoms with van der Waals surface area (Å²) in [7, 11) is 0. The molecule has 2 N–H and O–H groups in total. The number of nitrogen functional groups attached to an aromatic ring is 1. The maximum absolute atomic E-state index is 12.9. The number of halogens is 1. The van der Waals surface area contributed by atoms with Crippen molar-refractivity contribution in [3.05, 3.63) is 66.1 Å². The highest BCUT2D eigenvalue weighted by Gasteiger charge is 2.32. The molecule has 0 aliphatic carbocycles. The Balaban J connectivity index is 0.00000225. The van der Waals surface area contributed by atoms with Crippen molar-refractivity contribution in [2.75, 3.05) is 12.3 Å². The third kappa shape index (κ3) is 4.34. The molecule has 1 atom stereocenters. The zero-order valence-corrected chi connectivity index (χ0v) is 16.3. The van der Waals surface area contributed by atoms with E-state index in [1.54, 1.807) is 0 Å². The standard InChI is InChI=1S/C21H22N4O2.ClH/c22-17-11-9-15(10-12-17)14-19(26)25-13-5-4-8-18(25)21-23-20(24-27-21)16-6-2-1-3-7-16;/h1-3,6-7,9-12,18H,4-5,8,13-14,22H2;1H. The molecule has 2 aromatic carbocycles. The summed E-state index contributed by atoms with van der Waals surface area (Å²) in [6.45, 7) is 0.710. The SMILES string of the molecule is Cl.Nc1ccc(CC(=O)N2CCCCC2c2nc(-c3ccccc3)no2)cc1. The molecule has 146 valence electrons. The lowest BCUT2D eigenvalue weighted by atomic mass is 10.0. The van der Waals surface area contributed by atoms with Crippen LogP contribution in [0.4, 0.5) is 5.69 Å². The number of piperidine rings is 1. The maximum atomic E-state index is 12.9. The second-order valence-electron chi connectivity index (χ2n) is 6.84. The largest absolute Gasteiger partial charge is 0.399 e. The Bertz CT molecular complexity index is 912. The van der Waals surface area contributed by atoms with Gasteiger partial charge in [0.2, 0.25) is 17.6 Å². The van der Waals surface area contributed by atoms with Crippen LogP contribution >= 0.6 is 12.4 Å². The van der Waals surface area contributed by atoms with Crippen molar-refractivity contribution in [2.24, 2.45) is 0 Å². The summed E-state index contributed by atoms with van der Waals surface area (Å²) < 4.78 is 5.53. The van der Waals surface area contributed by atoms with Crippen LogP contribution in [0.3, 0.4) is 0 Å². The van der Waals surface area contributed by atoms with E-state index in [-0.39, 0.29) is 24.4 Å². The van der Waals surface area contributed by atoms with Crippen molar-refractivity contribution >= 4 is 24.0 Å². The molecule has 7 heteroatoms. The zero-order valence-electron chi connectivity index (χ0n) is 15.5. The predicted octanol–water partition coefficient (Wildman–Crippen LogP) is 4.04.